The summed E-state index contributed by atoms with van der Waals surface area (Å²) in [7, 11) is -4.43. The number of amides is 2. The molecule has 0 saturated heterocycles. The fourth-order valence-corrected chi connectivity index (χ4v) is 2.58. The molecule has 0 bridgehead atoms. The van der Waals surface area contributed by atoms with Crippen molar-refractivity contribution in [2.75, 3.05) is 10.6 Å². The summed E-state index contributed by atoms with van der Waals surface area (Å²) >= 11 is 0. The Bertz CT molecular complexity index is 1070. The Kier molecular flexibility index (Phi) is 5.92. The third kappa shape index (κ3) is 5.15. The van der Waals surface area contributed by atoms with Crippen LogP contribution < -0.4 is 16.4 Å². The van der Waals surface area contributed by atoms with Gasteiger partial charge in [-0.2, -0.15) is 13.7 Å². The Hall–Kier alpha value is -3.68. The quantitative estimate of drug-likeness (QED) is 0.332. The molecule has 0 heterocycles. The molecule has 10 heteroatoms. The summed E-state index contributed by atoms with van der Waals surface area (Å²) in [6.07, 6.45) is 1.09. The van der Waals surface area contributed by atoms with Crippen molar-refractivity contribution in [2.45, 2.75) is 4.90 Å². The second-order valence-corrected chi connectivity index (χ2v) is 6.60. The molecule has 9 nitrogen and oxygen atoms in total. The topological polar surface area (TPSA) is 162 Å². The highest BCUT2D eigenvalue weighted by molar-refractivity contribution is 7.85. The van der Waals surface area contributed by atoms with Gasteiger partial charge in [0.2, 0.25) is 0 Å². The van der Waals surface area contributed by atoms with E-state index in [9.17, 15) is 18.0 Å². The Morgan fingerprint density at radius 2 is 1.85 bits per heavy atom. The fourth-order valence-electron chi connectivity index (χ4n) is 2.06. The number of hydrogen-bond acceptors (Lipinski definition) is 6. The van der Waals surface area contributed by atoms with Crippen molar-refractivity contribution in [3.8, 4) is 6.07 Å². The number of benzene rings is 2. The molecular formula is C17H14N4O5S. The van der Waals surface area contributed by atoms with Gasteiger partial charge in [0.05, 0.1) is 16.1 Å². The van der Waals surface area contributed by atoms with Gasteiger partial charge in [-0.3, -0.25) is 14.1 Å². The van der Waals surface area contributed by atoms with Crippen LogP contribution in [0, 0.1) is 11.3 Å². The first kappa shape index (κ1) is 19.6. The SMILES string of the molecule is N#C/C(=C/Nc1ccccc1C(N)=O)C(=O)Nc1cccc(S(=O)(=O)O)c1. The van der Waals surface area contributed by atoms with Gasteiger partial charge in [0.25, 0.3) is 21.9 Å². The predicted octanol–water partition coefficient (Wildman–Crippen LogP) is 1.49. The highest BCUT2D eigenvalue weighted by Crippen LogP contribution is 2.17. The predicted molar refractivity (Wildman–Crippen MR) is 97.2 cm³/mol. The smallest absolute Gasteiger partial charge is 0.294 e. The lowest BCUT2D eigenvalue weighted by Gasteiger charge is -2.08. The van der Waals surface area contributed by atoms with Gasteiger partial charge in [0.15, 0.2) is 0 Å². The molecule has 0 spiro atoms. The number of primary amides is 1. The van der Waals surface area contributed by atoms with E-state index in [-0.39, 0.29) is 16.8 Å². The summed E-state index contributed by atoms with van der Waals surface area (Å²) in [5.41, 5.74) is 5.45. The average molecular weight is 386 g/mol. The maximum Gasteiger partial charge on any atom is 0.294 e. The van der Waals surface area contributed by atoms with Crippen LogP contribution in [0.3, 0.4) is 0 Å². The van der Waals surface area contributed by atoms with Gasteiger partial charge in [0.1, 0.15) is 11.6 Å². The molecule has 0 atom stereocenters. The van der Waals surface area contributed by atoms with Gasteiger partial charge in [-0.15, -0.1) is 0 Å². The zero-order chi connectivity index (χ0) is 20.0. The lowest BCUT2D eigenvalue weighted by molar-refractivity contribution is -0.112. The van der Waals surface area contributed by atoms with Gasteiger partial charge in [-0.05, 0) is 30.3 Å². The number of nitrogens with one attached hydrogen (secondary N) is 2. The molecule has 2 aromatic carbocycles. The first-order valence-electron chi connectivity index (χ1n) is 7.37. The van der Waals surface area contributed by atoms with Crippen LogP contribution in [0.25, 0.3) is 0 Å². The minimum absolute atomic E-state index is 0.0637. The summed E-state index contributed by atoms with van der Waals surface area (Å²) in [6.45, 7) is 0. The van der Waals surface area contributed by atoms with Crippen LogP contribution in [-0.2, 0) is 14.9 Å². The van der Waals surface area contributed by atoms with Crippen molar-refractivity contribution in [3.63, 3.8) is 0 Å². The third-order valence-corrected chi connectivity index (χ3v) is 4.17. The Morgan fingerprint density at radius 3 is 2.48 bits per heavy atom. The second kappa shape index (κ2) is 8.13. The molecule has 0 aromatic heterocycles. The van der Waals surface area contributed by atoms with Crippen LogP contribution >= 0.6 is 0 Å². The fraction of sp³-hybridized carbons (Fsp3) is 0. The van der Waals surface area contributed by atoms with Gasteiger partial charge in [0, 0.05) is 11.9 Å². The first-order chi connectivity index (χ1) is 12.7. The maximum absolute atomic E-state index is 12.2. The van der Waals surface area contributed by atoms with Crippen LogP contribution in [0.5, 0.6) is 0 Å². The molecule has 0 fully saturated rings. The molecule has 2 rings (SSSR count). The summed E-state index contributed by atoms with van der Waals surface area (Å²) < 4.78 is 31.3. The van der Waals surface area contributed by atoms with Crippen molar-refractivity contribution in [1.82, 2.24) is 0 Å². The lowest BCUT2D eigenvalue weighted by Crippen LogP contribution is -2.16. The van der Waals surface area contributed by atoms with E-state index in [1.807, 2.05) is 0 Å². The van der Waals surface area contributed by atoms with Crippen LogP contribution in [0.1, 0.15) is 10.4 Å². The van der Waals surface area contributed by atoms with Gasteiger partial charge >= 0.3 is 0 Å². The average Bonchev–Trinajstić information content (AvgIpc) is 2.62. The number of carbonyl (C=O) groups excluding carboxylic acids is 2. The van der Waals surface area contributed by atoms with E-state index < -0.39 is 26.8 Å². The van der Waals surface area contributed by atoms with Crippen molar-refractivity contribution in [2.24, 2.45) is 5.73 Å². The monoisotopic (exact) mass is 386 g/mol. The molecule has 0 aliphatic heterocycles. The molecule has 0 saturated carbocycles. The molecule has 27 heavy (non-hydrogen) atoms. The number of nitrogens with zero attached hydrogens (tertiary/aromatic N) is 1. The molecule has 0 unspecified atom stereocenters. The largest absolute Gasteiger partial charge is 0.366 e. The molecule has 2 amide bonds. The van der Waals surface area contributed by atoms with Gasteiger partial charge in [-0.1, -0.05) is 18.2 Å². The Morgan fingerprint density at radius 1 is 1.15 bits per heavy atom. The molecule has 138 valence electrons. The molecule has 5 N–H and O–H groups in total. The molecule has 0 aliphatic carbocycles. The van der Waals surface area contributed by atoms with Crippen LogP contribution in [-0.4, -0.2) is 24.8 Å². The number of nitrogens with two attached hydrogens (primary N) is 1. The molecule has 0 radical (unpaired) electrons. The van der Waals surface area contributed by atoms with E-state index in [1.54, 1.807) is 24.3 Å². The highest BCUT2D eigenvalue weighted by Gasteiger charge is 2.14. The highest BCUT2D eigenvalue weighted by atomic mass is 32.2. The standard InChI is InChI=1S/C17H14N4O5S/c18-9-11(10-20-15-7-2-1-6-14(15)16(19)22)17(23)21-12-4-3-5-13(8-12)27(24,25)26/h1-8,10,20H,(H2,19,22)(H,21,23)(H,24,25,26)/b11-10-. The van der Waals surface area contributed by atoms with Crippen LogP contribution in [0.2, 0.25) is 0 Å². The molecular weight excluding hydrogens is 372 g/mol. The zero-order valence-electron chi connectivity index (χ0n) is 13.7. The minimum atomic E-state index is -4.43. The van der Waals surface area contributed by atoms with Crippen molar-refractivity contribution < 1.29 is 22.6 Å². The number of rotatable bonds is 6. The van der Waals surface area contributed by atoms with E-state index in [2.05, 4.69) is 10.6 Å². The first-order valence-corrected chi connectivity index (χ1v) is 8.81. The third-order valence-electron chi connectivity index (χ3n) is 3.32. The molecule has 0 aliphatic rings. The van der Waals surface area contributed by atoms with E-state index in [4.69, 9.17) is 15.5 Å². The Balaban J connectivity index is 2.21. The van der Waals surface area contributed by atoms with Crippen LogP contribution in [0.15, 0.2) is 65.2 Å². The number of anilines is 2. The Labute approximate surface area is 154 Å². The van der Waals surface area contributed by atoms with E-state index in [0.717, 1.165) is 18.3 Å². The summed E-state index contributed by atoms with van der Waals surface area (Å²) in [5, 5.41) is 14.2. The molecule has 2 aromatic rings. The van der Waals surface area contributed by atoms with Crippen LogP contribution in [0.4, 0.5) is 11.4 Å². The van der Waals surface area contributed by atoms with Crippen molar-refractivity contribution in [1.29, 1.82) is 5.26 Å². The second-order valence-electron chi connectivity index (χ2n) is 5.18. The summed E-state index contributed by atoms with van der Waals surface area (Å²) in [4.78, 5) is 23.2. The minimum Gasteiger partial charge on any atom is -0.366 e. The zero-order valence-corrected chi connectivity index (χ0v) is 14.5. The number of nitriles is 1. The number of para-hydroxylation sites is 1. The number of hydrogen-bond donors (Lipinski definition) is 4. The van der Waals surface area contributed by atoms with Gasteiger partial charge in [-0.25, -0.2) is 0 Å². The van der Waals surface area contributed by atoms with E-state index in [1.165, 1.54) is 18.2 Å². The maximum atomic E-state index is 12.2. The van der Waals surface area contributed by atoms with Crippen molar-refractivity contribution >= 4 is 33.3 Å². The normalized spacial score (nSPS) is 11.3. The lowest BCUT2D eigenvalue weighted by atomic mass is 10.1. The summed E-state index contributed by atoms with van der Waals surface area (Å²) in [5.74, 6) is -1.51. The summed E-state index contributed by atoms with van der Waals surface area (Å²) in [6, 6.07) is 12.8. The number of carbonyl (C=O) groups is 2. The van der Waals surface area contributed by atoms with Gasteiger partial charge < -0.3 is 16.4 Å². The van der Waals surface area contributed by atoms with Crippen molar-refractivity contribution in [3.05, 3.63) is 65.9 Å². The van der Waals surface area contributed by atoms with E-state index >= 15 is 0 Å². The van der Waals surface area contributed by atoms with E-state index in [0.29, 0.717) is 5.69 Å².